The summed E-state index contributed by atoms with van der Waals surface area (Å²) in [4.78, 5) is 0. The van der Waals surface area contributed by atoms with Crippen LogP contribution in [0.15, 0.2) is 266 Å². The summed E-state index contributed by atoms with van der Waals surface area (Å²) in [6.07, 6.45) is 18.7. The van der Waals surface area contributed by atoms with Crippen molar-refractivity contribution in [1.29, 1.82) is 0 Å². The molecule has 9 aromatic rings. The molecule has 0 spiro atoms. The normalized spacial score (nSPS) is 18.6. The Morgan fingerprint density at radius 1 is 0.408 bits per heavy atom. The predicted octanol–water partition coefficient (Wildman–Crippen LogP) is 18.8. The van der Waals surface area contributed by atoms with Crippen LogP contribution in [-0.2, 0) is 5.41 Å². The molecule has 0 saturated heterocycles. The van der Waals surface area contributed by atoms with E-state index in [1.165, 1.54) is 55.6 Å². The molecule has 0 heterocycles. The van der Waals surface area contributed by atoms with Crippen LogP contribution in [0.5, 0.6) is 0 Å². The quantitative estimate of drug-likeness (QED) is 0.135. The minimum atomic E-state index is -0.361. The maximum atomic E-state index is 3.89. The Balaban J connectivity index is 0.996. The van der Waals surface area contributed by atoms with Gasteiger partial charge in [-0.25, -0.2) is 0 Å². The van der Waals surface area contributed by atoms with Gasteiger partial charge in [-0.2, -0.15) is 0 Å². The molecule has 0 aliphatic heterocycles. The summed E-state index contributed by atoms with van der Waals surface area (Å²) in [5, 5.41) is 7.70. The summed E-state index contributed by atoms with van der Waals surface area (Å²) < 4.78 is 0. The molecule has 3 atom stereocenters. The molecule has 0 saturated carbocycles. The Hall–Kier alpha value is -8.46. The van der Waals surface area contributed by atoms with Gasteiger partial charge < -0.3 is 10.6 Å². The standard InChI is InChI=1S/C69H56N2/c1-48-19-17-27-57(43-48)69(68(2)41-15-6-16-42-68)64-30-14-13-29-60(64)63-47-56(33-38-65(63)69)62-46-55(35-40-67(62)70-58-36-31-51(32-37-58)49-20-7-3-8-21-49)54-34-39-66(61(45-54)52-24-11-5-12-25-52)71-59-28-18-26-53(44-59)50-22-9-4-10-23-50/h3-18,20-41,43-48,70-71H,19,42H2,1-2H3. The number of hydrogen-bond acceptors (Lipinski definition) is 2. The van der Waals surface area contributed by atoms with Gasteiger partial charge in [0.15, 0.2) is 0 Å². The first kappa shape index (κ1) is 43.8. The van der Waals surface area contributed by atoms with Crippen molar-refractivity contribution < 1.29 is 0 Å². The molecule has 2 N–H and O–H groups in total. The molecule has 12 rings (SSSR count). The Bertz CT molecular complexity index is 3540. The van der Waals surface area contributed by atoms with Gasteiger partial charge in [-0.3, -0.25) is 0 Å². The zero-order chi connectivity index (χ0) is 47.8. The SMILES string of the molecule is CC1C=C(C2(C3(C)C=CC=CC3)c3ccccc3-c3cc(-c4cc(-c5ccc(Nc6cccc(-c7ccccc7)c6)c(-c6ccccc6)c5)ccc4Nc4ccc(-c5ccccc5)cc4)ccc32)C=CC1. The number of benzene rings is 9. The van der Waals surface area contributed by atoms with E-state index in [1.807, 2.05) is 0 Å². The van der Waals surface area contributed by atoms with Crippen molar-refractivity contribution in [3.05, 3.63) is 278 Å². The zero-order valence-electron chi connectivity index (χ0n) is 40.3. The van der Waals surface area contributed by atoms with E-state index in [0.29, 0.717) is 5.92 Å². The van der Waals surface area contributed by atoms with Crippen LogP contribution in [0.1, 0.15) is 37.8 Å². The molecule has 0 radical (unpaired) electrons. The third-order valence-corrected chi connectivity index (χ3v) is 15.1. The molecular formula is C69H56N2. The monoisotopic (exact) mass is 912 g/mol. The third kappa shape index (κ3) is 8.06. The fourth-order valence-corrected chi connectivity index (χ4v) is 11.7. The number of fused-ring (bicyclic) bond motifs is 3. The van der Waals surface area contributed by atoms with E-state index < -0.39 is 0 Å². The van der Waals surface area contributed by atoms with E-state index >= 15 is 0 Å². The summed E-state index contributed by atoms with van der Waals surface area (Å²) in [5.41, 5.74) is 22.1. The van der Waals surface area contributed by atoms with Crippen LogP contribution >= 0.6 is 0 Å². The van der Waals surface area contributed by atoms with Crippen molar-refractivity contribution >= 4 is 22.7 Å². The molecule has 71 heavy (non-hydrogen) atoms. The zero-order valence-corrected chi connectivity index (χ0v) is 40.3. The van der Waals surface area contributed by atoms with E-state index in [0.717, 1.165) is 63.4 Å². The van der Waals surface area contributed by atoms with Crippen LogP contribution in [0, 0.1) is 11.3 Å². The highest BCUT2D eigenvalue weighted by molar-refractivity contribution is 5.93. The molecule has 0 bridgehead atoms. The van der Waals surface area contributed by atoms with Crippen LogP contribution in [0.2, 0.25) is 0 Å². The lowest BCUT2D eigenvalue weighted by atomic mass is 9.53. The van der Waals surface area contributed by atoms with Crippen molar-refractivity contribution in [2.75, 3.05) is 10.6 Å². The van der Waals surface area contributed by atoms with Crippen molar-refractivity contribution in [2.24, 2.45) is 11.3 Å². The average Bonchev–Trinajstić information content (AvgIpc) is 3.73. The fraction of sp³-hybridized carbons (Fsp3) is 0.101. The van der Waals surface area contributed by atoms with Gasteiger partial charge >= 0.3 is 0 Å². The lowest BCUT2D eigenvalue weighted by Crippen LogP contribution is -2.44. The summed E-state index contributed by atoms with van der Waals surface area (Å²) in [5.74, 6) is 0.463. The first-order chi connectivity index (χ1) is 34.9. The van der Waals surface area contributed by atoms with Crippen molar-refractivity contribution in [3.8, 4) is 66.8 Å². The largest absolute Gasteiger partial charge is 0.355 e. The topological polar surface area (TPSA) is 24.1 Å². The van der Waals surface area contributed by atoms with Gasteiger partial charge in [0.1, 0.15) is 0 Å². The van der Waals surface area contributed by atoms with Gasteiger partial charge in [0, 0.05) is 39.3 Å². The molecular weight excluding hydrogens is 857 g/mol. The molecule has 3 aliphatic rings. The summed E-state index contributed by atoms with van der Waals surface area (Å²) in [6.45, 7) is 4.83. The lowest BCUT2D eigenvalue weighted by Gasteiger charge is -2.49. The molecule has 9 aromatic carbocycles. The molecule has 3 unspecified atom stereocenters. The van der Waals surface area contributed by atoms with E-state index in [4.69, 9.17) is 0 Å². The Kier molecular flexibility index (Phi) is 11.4. The van der Waals surface area contributed by atoms with Crippen molar-refractivity contribution in [1.82, 2.24) is 0 Å². The van der Waals surface area contributed by atoms with Gasteiger partial charge in [-0.05, 0) is 146 Å². The molecule has 0 aromatic heterocycles. The van der Waals surface area contributed by atoms with Gasteiger partial charge in [0.25, 0.3) is 0 Å². The Morgan fingerprint density at radius 3 is 1.62 bits per heavy atom. The number of hydrogen-bond donors (Lipinski definition) is 2. The predicted molar refractivity (Wildman–Crippen MR) is 301 cm³/mol. The summed E-state index contributed by atoms with van der Waals surface area (Å²) >= 11 is 0. The third-order valence-electron chi connectivity index (χ3n) is 15.1. The number of nitrogens with one attached hydrogen (secondary N) is 2. The lowest BCUT2D eigenvalue weighted by molar-refractivity contribution is 0.290. The number of allylic oxidation sites excluding steroid dienone is 8. The highest BCUT2D eigenvalue weighted by Crippen LogP contribution is 2.64. The summed E-state index contributed by atoms with van der Waals surface area (Å²) in [7, 11) is 0. The fourth-order valence-electron chi connectivity index (χ4n) is 11.7. The van der Waals surface area contributed by atoms with Gasteiger partial charge in [0.05, 0.1) is 5.41 Å². The highest BCUT2D eigenvalue weighted by Gasteiger charge is 2.56. The van der Waals surface area contributed by atoms with E-state index in [2.05, 4.69) is 285 Å². The van der Waals surface area contributed by atoms with E-state index in [1.54, 1.807) is 0 Å². The number of anilines is 4. The first-order valence-electron chi connectivity index (χ1n) is 25.1. The smallest absolute Gasteiger partial charge is 0.0551 e. The maximum Gasteiger partial charge on any atom is 0.0551 e. The van der Waals surface area contributed by atoms with Crippen LogP contribution in [0.25, 0.3) is 66.8 Å². The van der Waals surface area contributed by atoms with Crippen LogP contribution in [0.3, 0.4) is 0 Å². The minimum absolute atomic E-state index is 0.182. The highest BCUT2D eigenvalue weighted by atomic mass is 14.9. The Labute approximate surface area is 419 Å². The van der Waals surface area contributed by atoms with Crippen LogP contribution < -0.4 is 10.6 Å². The average molecular weight is 913 g/mol. The second-order valence-electron chi connectivity index (χ2n) is 19.7. The molecule has 342 valence electrons. The van der Waals surface area contributed by atoms with Crippen molar-refractivity contribution in [3.63, 3.8) is 0 Å². The van der Waals surface area contributed by atoms with Gasteiger partial charge in [-0.1, -0.05) is 220 Å². The molecule has 2 nitrogen and oxygen atoms in total. The van der Waals surface area contributed by atoms with Crippen LogP contribution in [0.4, 0.5) is 22.7 Å². The second kappa shape index (κ2) is 18.5. The molecule has 3 aliphatic carbocycles. The Morgan fingerprint density at radius 2 is 0.944 bits per heavy atom. The van der Waals surface area contributed by atoms with E-state index in [9.17, 15) is 0 Å². The second-order valence-corrected chi connectivity index (χ2v) is 19.7. The molecule has 0 amide bonds. The molecule has 2 heteroatoms. The number of rotatable bonds is 11. The minimum Gasteiger partial charge on any atom is -0.355 e. The van der Waals surface area contributed by atoms with Crippen LogP contribution in [-0.4, -0.2) is 0 Å². The molecule has 0 fully saturated rings. The first-order valence-corrected chi connectivity index (χ1v) is 25.1. The van der Waals surface area contributed by atoms with Gasteiger partial charge in [-0.15, -0.1) is 0 Å². The summed E-state index contributed by atoms with van der Waals surface area (Å²) in [6, 6.07) is 79.7. The van der Waals surface area contributed by atoms with Gasteiger partial charge in [0.2, 0.25) is 0 Å². The maximum absolute atomic E-state index is 3.89. The van der Waals surface area contributed by atoms with E-state index in [-0.39, 0.29) is 10.8 Å². The van der Waals surface area contributed by atoms with Crippen molar-refractivity contribution in [2.45, 2.75) is 32.1 Å².